The Hall–Kier alpha value is -1.92. The molecule has 0 spiro atoms. The zero-order valence-electron chi connectivity index (χ0n) is 12.4. The fraction of sp³-hybridized carbons (Fsp3) is 0.312. The molecule has 4 rings (SSSR count). The maximum absolute atomic E-state index is 12.6. The number of aromatic nitrogens is 1. The van der Waals surface area contributed by atoms with E-state index in [0.29, 0.717) is 13.1 Å². The van der Waals surface area contributed by atoms with Gasteiger partial charge >= 0.3 is 10.2 Å². The Morgan fingerprint density at radius 3 is 2.50 bits per heavy atom. The number of hydrogen-bond donors (Lipinski definition) is 0. The summed E-state index contributed by atoms with van der Waals surface area (Å²) in [5.41, 5.74) is 5.32. The molecule has 2 aliphatic rings. The summed E-state index contributed by atoms with van der Waals surface area (Å²) in [7, 11) is -1.72. The molecule has 2 aromatic rings. The van der Waals surface area contributed by atoms with Crippen molar-refractivity contribution in [2.45, 2.75) is 12.8 Å². The molecular weight excluding hydrogens is 298 g/mol. The van der Waals surface area contributed by atoms with Gasteiger partial charge in [-0.15, -0.1) is 0 Å². The fourth-order valence-electron chi connectivity index (χ4n) is 3.29. The summed E-state index contributed by atoms with van der Waals surface area (Å²) in [6.07, 6.45) is 5.11. The molecule has 3 heterocycles. The molecule has 5 nitrogen and oxygen atoms in total. The van der Waals surface area contributed by atoms with Crippen LogP contribution in [0.1, 0.15) is 11.1 Å². The zero-order chi connectivity index (χ0) is 15.3. The van der Waals surface area contributed by atoms with Gasteiger partial charge in [0.1, 0.15) is 0 Å². The summed E-state index contributed by atoms with van der Waals surface area (Å²) >= 11 is 0. The van der Waals surface area contributed by atoms with Gasteiger partial charge in [0.05, 0.1) is 5.69 Å². The minimum Gasteiger partial charge on any atom is -0.264 e. The summed E-state index contributed by atoms with van der Waals surface area (Å²) in [5.74, 6) is 0. The van der Waals surface area contributed by atoms with Crippen LogP contribution in [0, 0.1) is 0 Å². The van der Waals surface area contributed by atoms with Crippen molar-refractivity contribution in [1.29, 1.82) is 0 Å². The van der Waals surface area contributed by atoms with Gasteiger partial charge in [-0.3, -0.25) is 9.29 Å². The molecule has 0 radical (unpaired) electrons. The van der Waals surface area contributed by atoms with E-state index in [4.69, 9.17) is 0 Å². The molecule has 0 saturated carbocycles. The highest BCUT2D eigenvalue weighted by atomic mass is 32.2. The number of anilines is 1. The number of rotatable bonds is 1. The van der Waals surface area contributed by atoms with Crippen LogP contribution in [0.15, 0.2) is 36.7 Å². The van der Waals surface area contributed by atoms with Crippen molar-refractivity contribution in [3.05, 3.63) is 47.8 Å². The monoisotopic (exact) mass is 315 g/mol. The normalized spacial score (nSPS) is 19.8. The Morgan fingerprint density at radius 1 is 1.09 bits per heavy atom. The summed E-state index contributed by atoms with van der Waals surface area (Å²) in [4.78, 5) is 4.18. The molecule has 0 unspecified atom stereocenters. The third-order valence-corrected chi connectivity index (χ3v) is 6.36. The van der Waals surface area contributed by atoms with Crippen molar-refractivity contribution < 1.29 is 8.42 Å². The lowest BCUT2D eigenvalue weighted by Gasteiger charge is -2.23. The van der Waals surface area contributed by atoms with Crippen LogP contribution in [-0.4, -0.2) is 37.8 Å². The van der Waals surface area contributed by atoms with Crippen molar-refractivity contribution in [2.24, 2.45) is 0 Å². The van der Waals surface area contributed by atoms with Crippen molar-refractivity contribution >= 4 is 15.9 Å². The molecule has 114 valence electrons. The highest BCUT2D eigenvalue weighted by Gasteiger charge is 2.37. The number of hydrogen-bond acceptors (Lipinski definition) is 3. The standard InChI is InChI=1S/C16H17N3O2S/c1-18-7-4-12-9-15(14-3-2-6-17-11-14)10-13-5-8-19(16(12)13)22(18,20)21/h2-3,6,9-11H,4-5,7-8H2,1H3. The second kappa shape index (κ2) is 4.79. The van der Waals surface area contributed by atoms with Crippen LogP contribution < -0.4 is 4.31 Å². The largest absolute Gasteiger partial charge is 0.303 e. The summed E-state index contributed by atoms with van der Waals surface area (Å²) in [6, 6.07) is 8.18. The summed E-state index contributed by atoms with van der Waals surface area (Å²) in [6.45, 7) is 1.05. The zero-order valence-corrected chi connectivity index (χ0v) is 13.2. The Balaban J connectivity index is 1.90. The van der Waals surface area contributed by atoms with E-state index in [-0.39, 0.29) is 0 Å². The minimum atomic E-state index is -3.37. The van der Waals surface area contributed by atoms with Gasteiger partial charge in [0.25, 0.3) is 0 Å². The van der Waals surface area contributed by atoms with Gasteiger partial charge in [-0.1, -0.05) is 6.07 Å². The van der Waals surface area contributed by atoms with Crippen LogP contribution in [-0.2, 0) is 23.1 Å². The van der Waals surface area contributed by atoms with Crippen LogP contribution in [0.4, 0.5) is 5.69 Å². The molecule has 0 aliphatic carbocycles. The maximum atomic E-state index is 12.6. The molecule has 0 N–H and O–H groups in total. The lowest BCUT2D eigenvalue weighted by atomic mass is 9.97. The predicted octanol–water partition coefficient (Wildman–Crippen LogP) is 1.84. The first-order valence-corrected chi connectivity index (χ1v) is 8.77. The van der Waals surface area contributed by atoms with E-state index in [1.165, 1.54) is 4.31 Å². The van der Waals surface area contributed by atoms with Gasteiger partial charge < -0.3 is 0 Å². The van der Waals surface area contributed by atoms with Crippen LogP contribution in [0.25, 0.3) is 11.1 Å². The minimum absolute atomic E-state index is 0.516. The first kappa shape index (κ1) is 13.7. The van der Waals surface area contributed by atoms with Crippen molar-refractivity contribution in [3.63, 3.8) is 0 Å². The van der Waals surface area contributed by atoms with E-state index in [0.717, 1.165) is 40.8 Å². The quantitative estimate of drug-likeness (QED) is 0.807. The second-order valence-electron chi connectivity index (χ2n) is 5.79. The summed E-state index contributed by atoms with van der Waals surface area (Å²) in [5, 5.41) is 0. The highest BCUT2D eigenvalue weighted by Crippen LogP contribution is 2.39. The Kier molecular flexibility index (Phi) is 2.99. The summed E-state index contributed by atoms with van der Waals surface area (Å²) < 4.78 is 28.1. The van der Waals surface area contributed by atoms with Crippen LogP contribution in [0.2, 0.25) is 0 Å². The Bertz CT molecular complexity index is 834. The number of likely N-dealkylation sites (N-methyl/N-ethyl adjacent to an activating group) is 1. The molecule has 0 bridgehead atoms. The first-order valence-electron chi connectivity index (χ1n) is 7.37. The van der Waals surface area contributed by atoms with E-state index in [2.05, 4.69) is 17.1 Å². The highest BCUT2D eigenvalue weighted by molar-refractivity contribution is 7.90. The predicted molar refractivity (Wildman–Crippen MR) is 86.0 cm³/mol. The molecule has 1 aromatic carbocycles. The lowest BCUT2D eigenvalue weighted by molar-refractivity contribution is 0.474. The van der Waals surface area contributed by atoms with Crippen molar-refractivity contribution in [1.82, 2.24) is 9.29 Å². The van der Waals surface area contributed by atoms with E-state index in [1.807, 2.05) is 18.3 Å². The SMILES string of the molecule is CN1CCc2cc(-c3cccnc3)cc3c2N(CC3)S1(=O)=O. The first-order chi connectivity index (χ1) is 10.6. The van der Waals surface area contributed by atoms with Gasteiger partial charge in [0.15, 0.2) is 0 Å². The molecule has 0 atom stereocenters. The molecular formula is C16H17N3O2S. The molecule has 0 fully saturated rings. The van der Waals surface area contributed by atoms with E-state index >= 15 is 0 Å². The van der Waals surface area contributed by atoms with Gasteiger partial charge in [-0.2, -0.15) is 12.7 Å². The average molecular weight is 315 g/mol. The molecule has 1 aromatic heterocycles. The van der Waals surface area contributed by atoms with Crippen LogP contribution >= 0.6 is 0 Å². The van der Waals surface area contributed by atoms with Crippen molar-refractivity contribution in [2.75, 3.05) is 24.4 Å². The number of benzene rings is 1. The molecule has 6 heteroatoms. The van der Waals surface area contributed by atoms with E-state index < -0.39 is 10.2 Å². The Morgan fingerprint density at radius 2 is 1.82 bits per heavy atom. The van der Waals surface area contributed by atoms with Crippen LogP contribution in [0.5, 0.6) is 0 Å². The molecule has 0 saturated heterocycles. The van der Waals surface area contributed by atoms with Gasteiger partial charge in [0.2, 0.25) is 0 Å². The number of nitrogens with zero attached hydrogens (tertiary/aromatic N) is 3. The fourth-order valence-corrected chi connectivity index (χ4v) is 4.73. The molecule has 22 heavy (non-hydrogen) atoms. The van der Waals surface area contributed by atoms with E-state index in [1.54, 1.807) is 17.5 Å². The molecule has 0 amide bonds. The van der Waals surface area contributed by atoms with E-state index in [9.17, 15) is 8.42 Å². The van der Waals surface area contributed by atoms with Crippen molar-refractivity contribution in [3.8, 4) is 11.1 Å². The van der Waals surface area contributed by atoms with Gasteiger partial charge in [-0.25, -0.2) is 0 Å². The Labute approximate surface area is 130 Å². The maximum Gasteiger partial charge on any atom is 0.303 e. The number of pyridine rings is 1. The topological polar surface area (TPSA) is 53.5 Å². The second-order valence-corrected chi connectivity index (χ2v) is 7.75. The smallest absolute Gasteiger partial charge is 0.264 e. The average Bonchev–Trinajstić information content (AvgIpc) is 2.94. The molecule has 2 aliphatic heterocycles. The lowest BCUT2D eigenvalue weighted by Crippen LogP contribution is -2.40. The van der Waals surface area contributed by atoms with Gasteiger partial charge in [-0.05, 0) is 47.7 Å². The third-order valence-electron chi connectivity index (χ3n) is 4.46. The van der Waals surface area contributed by atoms with Gasteiger partial charge in [0, 0.05) is 38.1 Å². The van der Waals surface area contributed by atoms with Crippen LogP contribution in [0.3, 0.4) is 0 Å². The third kappa shape index (κ3) is 1.94.